The van der Waals surface area contributed by atoms with Crippen molar-refractivity contribution in [1.82, 2.24) is 10.3 Å². The molecule has 4 nitrogen and oxygen atoms in total. The van der Waals surface area contributed by atoms with Crippen molar-refractivity contribution in [1.29, 1.82) is 0 Å². The van der Waals surface area contributed by atoms with Crippen molar-refractivity contribution in [3.05, 3.63) is 56.2 Å². The van der Waals surface area contributed by atoms with Crippen molar-refractivity contribution in [3.63, 3.8) is 0 Å². The van der Waals surface area contributed by atoms with Crippen molar-refractivity contribution >= 4 is 40.2 Å². The third-order valence-electron chi connectivity index (χ3n) is 3.59. The Morgan fingerprint density at radius 1 is 1.32 bits per heavy atom. The van der Waals surface area contributed by atoms with Gasteiger partial charge >= 0.3 is 0 Å². The highest BCUT2D eigenvalue weighted by molar-refractivity contribution is 7.16. The van der Waals surface area contributed by atoms with E-state index in [1.165, 1.54) is 0 Å². The molecule has 3 rings (SSSR count). The second-order valence-corrected chi connectivity index (χ2v) is 8.09. The number of thiazole rings is 1. The van der Waals surface area contributed by atoms with Gasteiger partial charge in [-0.2, -0.15) is 0 Å². The first-order valence-corrected chi connectivity index (χ1v) is 9.73. The first-order chi connectivity index (χ1) is 12.0. The van der Waals surface area contributed by atoms with E-state index in [0.29, 0.717) is 17.3 Å². The molecule has 2 aromatic heterocycles. The molecule has 0 atom stereocenters. The van der Waals surface area contributed by atoms with Gasteiger partial charge in [-0.1, -0.05) is 11.6 Å². The van der Waals surface area contributed by atoms with Crippen LogP contribution in [0.3, 0.4) is 0 Å². The van der Waals surface area contributed by atoms with Crippen LogP contribution in [0.2, 0.25) is 5.02 Å². The Kier molecular flexibility index (Phi) is 5.73. The summed E-state index contributed by atoms with van der Waals surface area (Å²) in [4.78, 5) is 18.9. The summed E-state index contributed by atoms with van der Waals surface area (Å²) < 4.78 is 5.28. The predicted octanol–water partition coefficient (Wildman–Crippen LogP) is 4.70. The highest BCUT2D eigenvalue weighted by Gasteiger charge is 2.11. The zero-order chi connectivity index (χ0) is 17.8. The number of carbonyl (C=O) groups excluding carboxylic acids is 1. The summed E-state index contributed by atoms with van der Waals surface area (Å²) in [6, 6.07) is 9.34. The van der Waals surface area contributed by atoms with Gasteiger partial charge in [-0.25, -0.2) is 4.98 Å². The smallest absolute Gasteiger partial charge is 0.224 e. The van der Waals surface area contributed by atoms with Crippen LogP contribution in [0.4, 0.5) is 0 Å². The largest absolute Gasteiger partial charge is 0.496 e. The van der Waals surface area contributed by atoms with E-state index in [-0.39, 0.29) is 12.3 Å². The number of ether oxygens (including phenoxy) is 1. The molecule has 0 aliphatic heterocycles. The van der Waals surface area contributed by atoms with Gasteiger partial charge in [0.2, 0.25) is 5.91 Å². The Balaban J connectivity index is 1.60. The fourth-order valence-electron chi connectivity index (χ4n) is 2.39. The number of thiophene rings is 1. The van der Waals surface area contributed by atoms with Crippen molar-refractivity contribution in [2.45, 2.75) is 19.9 Å². The number of rotatable bonds is 6. The molecule has 0 radical (unpaired) electrons. The summed E-state index contributed by atoms with van der Waals surface area (Å²) in [5, 5.41) is 6.63. The van der Waals surface area contributed by atoms with Crippen LogP contribution in [0.15, 0.2) is 35.7 Å². The van der Waals surface area contributed by atoms with E-state index in [9.17, 15) is 4.79 Å². The maximum Gasteiger partial charge on any atom is 0.224 e. The van der Waals surface area contributed by atoms with Crippen LogP contribution >= 0.6 is 34.3 Å². The number of benzene rings is 1. The lowest BCUT2D eigenvalue weighted by atomic mass is 10.1. The SMILES string of the molecule is COc1ccc(Cl)cc1CC(=O)NCc1ccc(-c2csc(C)n2)s1. The summed E-state index contributed by atoms with van der Waals surface area (Å²) >= 11 is 9.28. The molecule has 3 aromatic rings. The molecule has 1 aromatic carbocycles. The lowest BCUT2D eigenvalue weighted by Crippen LogP contribution is -2.24. The topological polar surface area (TPSA) is 51.2 Å². The number of aryl methyl sites for hydroxylation is 1. The molecule has 25 heavy (non-hydrogen) atoms. The van der Waals surface area contributed by atoms with E-state index in [2.05, 4.69) is 15.7 Å². The maximum absolute atomic E-state index is 12.2. The number of nitrogens with one attached hydrogen (secondary N) is 1. The summed E-state index contributed by atoms with van der Waals surface area (Å²) in [5.74, 6) is 0.594. The van der Waals surface area contributed by atoms with E-state index < -0.39 is 0 Å². The minimum Gasteiger partial charge on any atom is -0.496 e. The molecule has 7 heteroatoms. The number of carbonyl (C=O) groups is 1. The van der Waals surface area contributed by atoms with Gasteiger partial charge in [0.15, 0.2) is 0 Å². The van der Waals surface area contributed by atoms with Crippen LogP contribution in [-0.4, -0.2) is 18.0 Å². The van der Waals surface area contributed by atoms with Crippen LogP contribution in [-0.2, 0) is 17.8 Å². The molecule has 0 unspecified atom stereocenters. The summed E-state index contributed by atoms with van der Waals surface area (Å²) in [7, 11) is 1.58. The molecule has 1 amide bonds. The zero-order valence-corrected chi connectivity index (χ0v) is 16.2. The summed E-state index contributed by atoms with van der Waals surface area (Å²) in [5.41, 5.74) is 1.77. The Labute approximate surface area is 159 Å². The Bertz CT molecular complexity index is 889. The van der Waals surface area contributed by atoms with E-state index in [4.69, 9.17) is 16.3 Å². The number of hydrogen-bond donors (Lipinski definition) is 1. The van der Waals surface area contributed by atoms with E-state index in [1.807, 2.05) is 19.1 Å². The Hall–Kier alpha value is -1.89. The number of halogens is 1. The second-order valence-electron chi connectivity index (χ2n) is 5.43. The van der Waals surface area contributed by atoms with E-state index in [0.717, 1.165) is 26.0 Å². The van der Waals surface area contributed by atoms with Gasteiger partial charge in [0, 0.05) is 20.8 Å². The number of amides is 1. The predicted molar refractivity (Wildman–Crippen MR) is 104 cm³/mol. The molecule has 0 bridgehead atoms. The van der Waals surface area contributed by atoms with E-state index >= 15 is 0 Å². The molecule has 1 N–H and O–H groups in total. The highest BCUT2D eigenvalue weighted by Crippen LogP contribution is 2.29. The molecule has 0 aliphatic carbocycles. The Morgan fingerprint density at radius 3 is 2.88 bits per heavy atom. The van der Waals surface area contributed by atoms with Crippen molar-refractivity contribution in [3.8, 4) is 16.3 Å². The van der Waals surface area contributed by atoms with E-state index in [1.54, 1.807) is 48.0 Å². The Morgan fingerprint density at radius 2 is 2.16 bits per heavy atom. The van der Waals surface area contributed by atoms with Crippen LogP contribution in [0.1, 0.15) is 15.4 Å². The normalized spacial score (nSPS) is 10.7. The fraction of sp³-hybridized carbons (Fsp3) is 0.222. The quantitative estimate of drug-likeness (QED) is 0.661. The fourth-order valence-corrected chi connectivity index (χ4v) is 4.18. The molecule has 0 aliphatic rings. The zero-order valence-electron chi connectivity index (χ0n) is 13.8. The molecule has 130 valence electrons. The standard InChI is InChI=1S/C18H17ClN2O2S2/c1-11-21-15(10-24-11)17-6-4-14(25-17)9-20-18(22)8-12-7-13(19)3-5-16(12)23-2/h3-7,10H,8-9H2,1-2H3,(H,20,22). The van der Waals surface area contributed by atoms with Crippen LogP contribution in [0.25, 0.3) is 10.6 Å². The average molecular weight is 393 g/mol. The van der Waals surface area contributed by atoms with Crippen LogP contribution in [0.5, 0.6) is 5.75 Å². The number of nitrogens with zero attached hydrogens (tertiary/aromatic N) is 1. The number of aromatic nitrogens is 1. The van der Waals surface area contributed by atoms with Crippen LogP contribution < -0.4 is 10.1 Å². The number of hydrogen-bond acceptors (Lipinski definition) is 5. The summed E-state index contributed by atoms with van der Waals surface area (Å²) in [6.45, 7) is 2.49. The van der Waals surface area contributed by atoms with Gasteiger partial charge in [-0.3, -0.25) is 4.79 Å². The van der Waals surface area contributed by atoms with Gasteiger partial charge in [-0.15, -0.1) is 22.7 Å². The lowest BCUT2D eigenvalue weighted by Gasteiger charge is -2.09. The maximum atomic E-state index is 12.2. The van der Waals surface area contributed by atoms with Gasteiger partial charge < -0.3 is 10.1 Å². The molecule has 0 saturated heterocycles. The third-order valence-corrected chi connectivity index (χ3v) is 5.70. The highest BCUT2D eigenvalue weighted by atomic mass is 35.5. The molecular weight excluding hydrogens is 376 g/mol. The molecule has 0 saturated carbocycles. The minimum absolute atomic E-state index is 0.0694. The van der Waals surface area contributed by atoms with Crippen molar-refractivity contribution in [2.75, 3.05) is 7.11 Å². The first-order valence-electron chi connectivity index (χ1n) is 7.65. The van der Waals surface area contributed by atoms with Crippen molar-refractivity contribution < 1.29 is 9.53 Å². The lowest BCUT2D eigenvalue weighted by molar-refractivity contribution is -0.120. The van der Waals surface area contributed by atoms with Crippen LogP contribution in [0, 0.1) is 6.92 Å². The molecular formula is C18H17ClN2O2S2. The molecule has 0 fully saturated rings. The van der Waals surface area contributed by atoms with Gasteiger partial charge in [0.25, 0.3) is 0 Å². The van der Waals surface area contributed by atoms with Gasteiger partial charge in [0.05, 0.1) is 35.7 Å². The van der Waals surface area contributed by atoms with Crippen molar-refractivity contribution in [2.24, 2.45) is 0 Å². The van der Waals surface area contributed by atoms with Gasteiger partial charge in [0.1, 0.15) is 5.75 Å². The average Bonchev–Trinajstić information content (AvgIpc) is 3.22. The number of methoxy groups -OCH3 is 1. The monoisotopic (exact) mass is 392 g/mol. The second kappa shape index (κ2) is 7.99. The third kappa shape index (κ3) is 4.60. The molecule has 0 spiro atoms. The minimum atomic E-state index is -0.0694. The summed E-state index contributed by atoms with van der Waals surface area (Å²) in [6.07, 6.45) is 0.229. The first kappa shape index (κ1) is 17.9. The van der Waals surface area contributed by atoms with Gasteiger partial charge in [-0.05, 0) is 37.3 Å². The molecule has 2 heterocycles.